The first kappa shape index (κ1) is 9.56. The van der Waals surface area contributed by atoms with Gasteiger partial charge in [0.1, 0.15) is 0 Å². The zero-order valence-electron chi connectivity index (χ0n) is 7.38. The third-order valence-electron chi connectivity index (χ3n) is 1.87. The Hall–Kier alpha value is -0.530. The average molecular weight is 185 g/mol. The SMILES string of the molecule is COC(C)Cc1ccccc1Cl. The number of halogens is 1. The maximum Gasteiger partial charge on any atom is 0.0584 e. The van der Waals surface area contributed by atoms with E-state index >= 15 is 0 Å². The number of benzene rings is 1. The second-order valence-electron chi connectivity index (χ2n) is 2.84. The molecule has 2 heteroatoms. The Bertz CT molecular complexity index is 247. The minimum atomic E-state index is 0.227. The molecular weight excluding hydrogens is 172 g/mol. The summed E-state index contributed by atoms with van der Waals surface area (Å²) in [6.45, 7) is 2.03. The lowest BCUT2D eigenvalue weighted by Gasteiger charge is -2.09. The number of methoxy groups -OCH3 is 1. The summed E-state index contributed by atoms with van der Waals surface area (Å²) < 4.78 is 5.15. The highest BCUT2D eigenvalue weighted by molar-refractivity contribution is 6.31. The van der Waals surface area contributed by atoms with Gasteiger partial charge in [0.15, 0.2) is 0 Å². The summed E-state index contributed by atoms with van der Waals surface area (Å²) in [5, 5.41) is 0.821. The molecule has 1 atom stereocenters. The molecule has 0 aliphatic rings. The Labute approximate surface area is 78.3 Å². The van der Waals surface area contributed by atoms with Gasteiger partial charge in [-0.05, 0) is 25.0 Å². The van der Waals surface area contributed by atoms with E-state index in [0.717, 1.165) is 17.0 Å². The van der Waals surface area contributed by atoms with Crippen LogP contribution in [0.1, 0.15) is 12.5 Å². The van der Waals surface area contributed by atoms with Gasteiger partial charge in [-0.2, -0.15) is 0 Å². The van der Waals surface area contributed by atoms with E-state index in [1.54, 1.807) is 7.11 Å². The Morgan fingerprint density at radius 1 is 1.42 bits per heavy atom. The van der Waals surface area contributed by atoms with Crippen molar-refractivity contribution < 1.29 is 4.74 Å². The van der Waals surface area contributed by atoms with Gasteiger partial charge in [0.2, 0.25) is 0 Å². The van der Waals surface area contributed by atoms with Crippen molar-refractivity contribution in [2.24, 2.45) is 0 Å². The van der Waals surface area contributed by atoms with Crippen molar-refractivity contribution in [2.45, 2.75) is 19.4 Å². The highest BCUT2D eigenvalue weighted by atomic mass is 35.5. The van der Waals surface area contributed by atoms with Crippen LogP contribution in [-0.4, -0.2) is 13.2 Å². The maximum atomic E-state index is 5.97. The molecule has 0 amide bonds. The standard InChI is InChI=1S/C10H13ClO/c1-8(12-2)7-9-5-3-4-6-10(9)11/h3-6,8H,7H2,1-2H3. The van der Waals surface area contributed by atoms with Gasteiger partial charge in [-0.1, -0.05) is 29.8 Å². The Morgan fingerprint density at radius 3 is 2.67 bits per heavy atom. The van der Waals surface area contributed by atoms with Gasteiger partial charge < -0.3 is 4.74 Å². The van der Waals surface area contributed by atoms with Crippen LogP contribution in [-0.2, 0) is 11.2 Å². The molecule has 0 heterocycles. The van der Waals surface area contributed by atoms with Crippen LogP contribution in [0.25, 0.3) is 0 Å². The summed E-state index contributed by atoms with van der Waals surface area (Å²) in [6.07, 6.45) is 1.10. The summed E-state index contributed by atoms with van der Waals surface area (Å²) >= 11 is 5.97. The van der Waals surface area contributed by atoms with Gasteiger partial charge in [0.25, 0.3) is 0 Å². The molecule has 0 spiro atoms. The van der Waals surface area contributed by atoms with E-state index in [0.29, 0.717) is 0 Å². The summed E-state index contributed by atoms with van der Waals surface area (Å²) in [7, 11) is 1.71. The van der Waals surface area contributed by atoms with Crippen molar-refractivity contribution in [3.63, 3.8) is 0 Å². The quantitative estimate of drug-likeness (QED) is 0.702. The van der Waals surface area contributed by atoms with Crippen molar-refractivity contribution >= 4 is 11.6 Å². The van der Waals surface area contributed by atoms with Crippen LogP contribution in [0, 0.1) is 0 Å². The fourth-order valence-corrected chi connectivity index (χ4v) is 1.27. The topological polar surface area (TPSA) is 9.23 Å². The van der Waals surface area contributed by atoms with Crippen molar-refractivity contribution in [2.75, 3.05) is 7.11 Å². The molecule has 1 aromatic rings. The molecule has 0 aliphatic heterocycles. The van der Waals surface area contributed by atoms with Crippen molar-refractivity contribution in [3.8, 4) is 0 Å². The highest BCUT2D eigenvalue weighted by Crippen LogP contribution is 2.16. The molecule has 0 saturated carbocycles. The van der Waals surface area contributed by atoms with E-state index < -0.39 is 0 Å². The summed E-state index contributed by atoms with van der Waals surface area (Å²) in [6, 6.07) is 7.85. The predicted molar refractivity (Wildman–Crippen MR) is 51.6 cm³/mol. The minimum absolute atomic E-state index is 0.227. The second kappa shape index (κ2) is 4.48. The minimum Gasteiger partial charge on any atom is -0.381 e. The lowest BCUT2D eigenvalue weighted by molar-refractivity contribution is 0.119. The first-order valence-electron chi connectivity index (χ1n) is 4.00. The van der Waals surface area contributed by atoms with E-state index in [1.165, 1.54) is 0 Å². The molecule has 66 valence electrons. The predicted octanol–water partition coefficient (Wildman–Crippen LogP) is 2.92. The summed E-state index contributed by atoms with van der Waals surface area (Å²) in [5.74, 6) is 0. The van der Waals surface area contributed by atoms with E-state index in [-0.39, 0.29) is 6.10 Å². The van der Waals surface area contributed by atoms with Gasteiger partial charge >= 0.3 is 0 Å². The Kier molecular flexibility index (Phi) is 3.57. The normalized spacial score (nSPS) is 12.9. The molecule has 0 aromatic heterocycles. The first-order chi connectivity index (χ1) is 5.74. The van der Waals surface area contributed by atoms with Gasteiger partial charge in [-0.25, -0.2) is 0 Å². The van der Waals surface area contributed by atoms with Crippen molar-refractivity contribution in [1.82, 2.24) is 0 Å². The monoisotopic (exact) mass is 184 g/mol. The summed E-state index contributed by atoms with van der Waals surface area (Å²) in [4.78, 5) is 0. The van der Waals surface area contributed by atoms with E-state index in [2.05, 4.69) is 0 Å². The second-order valence-corrected chi connectivity index (χ2v) is 3.25. The number of hydrogen-bond donors (Lipinski definition) is 0. The van der Waals surface area contributed by atoms with Crippen LogP contribution >= 0.6 is 11.6 Å². The smallest absolute Gasteiger partial charge is 0.0584 e. The van der Waals surface area contributed by atoms with E-state index in [1.807, 2.05) is 31.2 Å². The molecule has 1 aromatic carbocycles. The van der Waals surface area contributed by atoms with Gasteiger partial charge in [-0.3, -0.25) is 0 Å². The molecule has 1 unspecified atom stereocenters. The van der Waals surface area contributed by atoms with Gasteiger partial charge in [-0.15, -0.1) is 0 Å². The molecule has 0 saturated heterocycles. The third-order valence-corrected chi connectivity index (χ3v) is 2.24. The Morgan fingerprint density at radius 2 is 2.08 bits per heavy atom. The number of rotatable bonds is 3. The van der Waals surface area contributed by atoms with Crippen LogP contribution in [0.4, 0.5) is 0 Å². The highest BCUT2D eigenvalue weighted by Gasteiger charge is 2.03. The maximum absolute atomic E-state index is 5.97. The summed E-state index contributed by atoms with van der Waals surface area (Å²) in [5.41, 5.74) is 1.15. The first-order valence-corrected chi connectivity index (χ1v) is 4.38. The van der Waals surface area contributed by atoms with Crippen LogP contribution in [0.2, 0.25) is 5.02 Å². The zero-order chi connectivity index (χ0) is 8.97. The number of ether oxygens (including phenoxy) is 1. The molecule has 0 N–H and O–H groups in total. The molecule has 0 aliphatic carbocycles. The van der Waals surface area contributed by atoms with E-state index in [9.17, 15) is 0 Å². The average Bonchev–Trinajstić information content (AvgIpc) is 2.09. The fourth-order valence-electron chi connectivity index (χ4n) is 1.06. The zero-order valence-corrected chi connectivity index (χ0v) is 8.14. The lowest BCUT2D eigenvalue weighted by Crippen LogP contribution is -2.08. The molecule has 12 heavy (non-hydrogen) atoms. The van der Waals surface area contributed by atoms with Gasteiger partial charge in [0.05, 0.1) is 6.10 Å². The molecule has 0 fully saturated rings. The van der Waals surface area contributed by atoms with Crippen LogP contribution in [0.3, 0.4) is 0 Å². The molecule has 0 radical (unpaired) electrons. The van der Waals surface area contributed by atoms with E-state index in [4.69, 9.17) is 16.3 Å². The van der Waals surface area contributed by atoms with Crippen LogP contribution in [0.15, 0.2) is 24.3 Å². The van der Waals surface area contributed by atoms with Gasteiger partial charge in [0, 0.05) is 12.1 Å². The van der Waals surface area contributed by atoms with Crippen LogP contribution < -0.4 is 0 Å². The third kappa shape index (κ3) is 2.50. The van der Waals surface area contributed by atoms with Crippen LogP contribution in [0.5, 0.6) is 0 Å². The molecule has 1 nitrogen and oxygen atoms in total. The van der Waals surface area contributed by atoms with Crippen molar-refractivity contribution in [3.05, 3.63) is 34.9 Å². The molecular formula is C10H13ClO. The fraction of sp³-hybridized carbons (Fsp3) is 0.400. The largest absolute Gasteiger partial charge is 0.381 e. The van der Waals surface area contributed by atoms with Crippen molar-refractivity contribution in [1.29, 1.82) is 0 Å². The molecule has 1 rings (SSSR count). The lowest BCUT2D eigenvalue weighted by atomic mass is 10.1. The number of hydrogen-bond acceptors (Lipinski definition) is 1. The molecule has 0 bridgehead atoms. The Balaban J connectivity index is 2.69.